The van der Waals surface area contributed by atoms with Crippen LogP contribution in [-0.4, -0.2) is 24.6 Å². The SMILES string of the molecule is CC1COC(=O)c2c(ccc3ccccc23)C(=O)O1. The molecule has 1 atom stereocenters. The summed E-state index contributed by atoms with van der Waals surface area (Å²) in [6.45, 7) is 1.77. The van der Waals surface area contributed by atoms with Crippen molar-refractivity contribution < 1.29 is 19.1 Å². The topological polar surface area (TPSA) is 52.6 Å². The number of rotatable bonds is 0. The number of carbonyl (C=O) groups is 2. The van der Waals surface area contributed by atoms with E-state index in [-0.39, 0.29) is 17.7 Å². The summed E-state index contributed by atoms with van der Waals surface area (Å²) in [6.07, 6.45) is -0.434. The first-order chi connectivity index (χ1) is 9.16. The van der Waals surface area contributed by atoms with Gasteiger partial charge in [0.25, 0.3) is 0 Å². The minimum absolute atomic E-state index is 0.0766. The lowest BCUT2D eigenvalue weighted by Crippen LogP contribution is -2.27. The Hall–Kier alpha value is -2.36. The summed E-state index contributed by atoms with van der Waals surface area (Å²) in [5.41, 5.74) is 0.547. The van der Waals surface area contributed by atoms with Crippen LogP contribution in [-0.2, 0) is 9.47 Å². The summed E-state index contributed by atoms with van der Waals surface area (Å²) < 4.78 is 10.4. The highest BCUT2D eigenvalue weighted by molar-refractivity contribution is 6.13. The number of esters is 2. The van der Waals surface area contributed by atoms with Crippen LogP contribution in [0.2, 0.25) is 0 Å². The van der Waals surface area contributed by atoms with Gasteiger partial charge < -0.3 is 9.47 Å². The van der Waals surface area contributed by atoms with E-state index in [2.05, 4.69) is 0 Å². The van der Waals surface area contributed by atoms with Crippen molar-refractivity contribution in [1.82, 2.24) is 0 Å². The lowest BCUT2D eigenvalue weighted by atomic mass is 9.98. The number of hydrogen-bond acceptors (Lipinski definition) is 4. The second-order valence-electron chi connectivity index (χ2n) is 4.52. The van der Waals surface area contributed by atoms with E-state index in [0.717, 1.165) is 5.39 Å². The Morgan fingerprint density at radius 2 is 1.84 bits per heavy atom. The Kier molecular flexibility index (Phi) is 2.71. The molecule has 0 fully saturated rings. The third kappa shape index (κ3) is 1.95. The fourth-order valence-corrected chi connectivity index (χ4v) is 2.21. The molecule has 2 aromatic carbocycles. The zero-order chi connectivity index (χ0) is 13.4. The van der Waals surface area contributed by atoms with Crippen LogP contribution in [0, 0.1) is 0 Å². The van der Waals surface area contributed by atoms with Crippen molar-refractivity contribution in [2.75, 3.05) is 6.61 Å². The molecule has 0 bridgehead atoms. The number of benzene rings is 2. The van der Waals surface area contributed by atoms with Gasteiger partial charge in [-0.3, -0.25) is 0 Å². The van der Waals surface area contributed by atoms with E-state index in [9.17, 15) is 9.59 Å². The van der Waals surface area contributed by atoms with Gasteiger partial charge in [0.05, 0.1) is 11.1 Å². The van der Waals surface area contributed by atoms with Crippen molar-refractivity contribution in [3.8, 4) is 0 Å². The molecule has 0 N–H and O–H groups in total. The molecule has 1 aliphatic heterocycles. The largest absolute Gasteiger partial charge is 0.458 e. The molecular weight excluding hydrogens is 244 g/mol. The Balaban J connectivity index is 2.28. The minimum Gasteiger partial charge on any atom is -0.458 e. The van der Waals surface area contributed by atoms with Crippen LogP contribution in [0.25, 0.3) is 10.8 Å². The first-order valence-corrected chi connectivity index (χ1v) is 6.06. The summed E-state index contributed by atoms with van der Waals surface area (Å²) in [6, 6.07) is 10.8. The third-order valence-electron chi connectivity index (χ3n) is 3.11. The molecule has 96 valence electrons. The number of cyclic esters (lactones) is 2. The van der Waals surface area contributed by atoms with Crippen LogP contribution < -0.4 is 0 Å². The monoisotopic (exact) mass is 256 g/mol. The molecule has 0 amide bonds. The smallest absolute Gasteiger partial charge is 0.339 e. The standard InChI is InChI=1S/C15H12O4/c1-9-8-18-15(17)13-11-5-3-2-4-10(11)6-7-12(13)14(16)19-9/h2-7,9H,8H2,1H3. The van der Waals surface area contributed by atoms with E-state index in [0.29, 0.717) is 5.39 Å². The average Bonchev–Trinajstić information content (AvgIpc) is 2.42. The van der Waals surface area contributed by atoms with Crippen LogP contribution in [0.1, 0.15) is 27.6 Å². The zero-order valence-corrected chi connectivity index (χ0v) is 10.4. The van der Waals surface area contributed by atoms with Crippen molar-refractivity contribution >= 4 is 22.7 Å². The van der Waals surface area contributed by atoms with Crippen molar-refractivity contribution in [2.24, 2.45) is 0 Å². The van der Waals surface area contributed by atoms with Gasteiger partial charge in [-0.1, -0.05) is 30.3 Å². The first-order valence-electron chi connectivity index (χ1n) is 6.06. The van der Waals surface area contributed by atoms with Gasteiger partial charge in [0, 0.05) is 0 Å². The molecule has 1 heterocycles. The molecule has 0 saturated carbocycles. The molecule has 1 unspecified atom stereocenters. The van der Waals surface area contributed by atoms with E-state index in [1.54, 1.807) is 25.1 Å². The summed E-state index contributed by atoms with van der Waals surface area (Å²) >= 11 is 0. The Labute approximate surface area is 109 Å². The predicted molar refractivity (Wildman–Crippen MR) is 69.1 cm³/mol. The Bertz CT molecular complexity index is 675. The highest BCUT2D eigenvalue weighted by atomic mass is 16.6. The highest BCUT2D eigenvalue weighted by Crippen LogP contribution is 2.25. The molecule has 3 rings (SSSR count). The Morgan fingerprint density at radius 1 is 1.05 bits per heavy atom. The summed E-state index contributed by atoms with van der Waals surface area (Å²) in [7, 11) is 0. The number of hydrogen-bond donors (Lipinski definition) is 0. The fourth-order valence-electron chi connectivity index (χ4n) is 2.21. The normalized spacial score (nSPS) is 19.1. The van der Waals surface area contributed by atoms with Gasteiger partial charge in [-0.05, 0) is 23.8 Å². The van der Waals surface area contributed by atoms with Gasteiger partial charge in [-0.2, -0.15) is 0 Å². The average molecular weight is 256 g/mol. The second-order valence-corrected chi connectivity index (χ2v) is 4.52. The maximum atomic E-state index is 12.1. The second kappa shape index (κ2) is 4.39. The molecule has 0 aromatic heterocycles. The lowest BCUT2D eigenvalue weighted by Gasteiger charge is -2.19. The molecule has 2 aromatic rings. The van der Waals surface area contributed by atoms with E-state index in [1.165, 1.54) is 0 Å². The van der Waals surface area contributed by atoms with Crippen LogP contribution in [0.4, 0.5) is 0 Å². The van der Waals surface area contributed by atoms with E-state index in [1.807, 2.05) is 18.2 Å². The van der Waals surface area contributed by atoms with E-state index < -0.39 is 18.0 Å². The molecule has 0 spiro atoms. The van der Waals surface area contributed by atoms with Gasteiger partial charge in [-0.15, -0.1) is 0 Å². The summed E-state index contributed by atoms with van der Waals surface area (Å²) in [5, 5.41) is 1.59. The van der Waals surface area contributed by atoms with Gasteiger partial charge in [-0.25, -0.2) is 9.59 Å². The van der Waals surface area contributed by atoms with E-state index in [4.69, 9.17) is 9.47 Å². The molecule has 0 radical (unpaired) electrons. The van der Waals surface area contributed by atoms with Crippen molar-refractivity contribution in [1.29, 1.82) is 0 Å². The Morgan fingerprint density at radius 3 is 2.68 bits per heavy atom. The highest BCUT2D eigenvalue weighted by Gasteiger charge is 2.26. The zero-order valence-electron chi connectivity index (χ0n) is 10.4. The molecule has 1 aliphatic rings. The fraction of sp³-hybridized carbons (Fsp3) is 0.200. The molecule has 4 nitrogen and oxygen atoms in total. The van der Waals surface area contributed by atoms with E-state index >= 15 is 0 Å². The van der Waals surface area contributed by atoms with Gasteiger partial charge in [0.2, 0.25) is 0 Å². The van der Waals surface area contributed by atoms with Gasteiger partial charge in [0.1, 0.15) is 12.7 Å². The first kappa shape index (κ1) is 11.7. The number of carbonyl (C=O) groups excluding carboxylic acids is 2. The quantitative estimate of drug-likeness (QED) is 0.680. The van der Waals surface area contributed by atoms with Crippen LogP contribution in [0.5, 0.6) is 0 Å². The number of ether oxygens (including phenoxy) is 2. The van der Waals surface area contributed by atoms with Crippen LogP contribution >= 0.6 is 0 Å². The van der Waals surface area contributed by atoms with Crippen LogP contribution in [0.3, 0.4) is 0 Å². The van der Waals surface area contributed by atoms with Crippen molar-refractivity contribution in [3.05, 3.63) is 47.5 Å². The molecule has 4 heteroatoms. The molecule has 19 heavy (non-hydrogen) atoms. The van der Waals surface area contributed by atoms with Crippen molar-refractivity contribution in [2.45, 2.75) is 13.0 Å². The predicted octanol–water partition coefficient (Wildman–Crippen LogP) is 2.56. The van der Waals surface area contributed by atoms with Crippen LogP contribution in [0.15, 0.2) is 36.4 Å². The maximum absolute atomic E-state index is 12.1. The molecular formula is C15H12O4. The van der Waals surface area contributed by atoms with Gasteiger partial charge >= 0.3 is 11.9 Å². The minimum atomic E-state index is -0.482. The third-order valence-corrected chi connectivity index (χ3v) is 3.11. The molecule has 0 aliphatic carbocycles. The molecule has 0 saturated heterocycles. The lowest BCUT2D eigenvalue weighted by molar-refractivity contribution is 0.000722. The van der Waals surface area contributed by atoms with Gasteiger partial charge in [0.15, 0.2) is 0 Å². The van der Waals surface area contributed by atoms with Crippen molar-refractivity contribution in [3.63, 3.8) is 0 Å². The summed E-state index contributed by atoms with van der Waals surface area (Å²) in [4.78, 5) is 24.2. The summed E-state index contributed by atoms with van der Waals surface area (Å²) in [5.74, 6) is -0.958. The maximum Gasteiger partial charge on any atom is 0.339 e. The number of fused-ring (bicyclic) bond motifs is 3.